The molecule has 0 aromatic heterocycles. The second kappa shape index (κ2) is 5.77. The van der Waals surface area contributed by atoms with Crippen LogP contribution in [0.15, 0.2) is 0 Å². The SMILES string of the molecule is NC(C(=O)NC1CCN(C2CC2)C1)C1CCOCC1. The molecule has 2 atom stereocenters. The molecule has 3 aliphatic rings. The quantitative estimate of drug-likeness (QED) is 0.758. The van der Waals surface area contributed by atoms with Gasteiger partial charge in [-0.05, 0) is 38.0 Å². The third-order valence-corrected chi connectivity index (χ3v) is 4.71. The summed E-state index contributed by atoms with van der Waals surface area (Å²) in [5, 5.41) is 3.14. The smallest absolute Gasteiger partial charge is 0.237 e. The molecule has 0 aromatic carbocycles. The highest BCUT2D eigenvalue weighted by atomic mass is 16.5. The van der Waals surface area contributed by atoms with Crippen LogP contribution in [0.3, 0.4) is 0 Å². The van der Waals surface area contributed by atoms with Crippen molar-refractivity contribution in [2.45, 2.75) is 50.2 Å². The second-order valence-electron chi connectivity index (χ2n) is 6.20. The summed E-state index contributed by atoms with van der Waals surface area (Å²) in [5.41, 5.74) is 6.10. The maximum Gasteiger partial charge on any atom is 0.237 e. The van der Waals surface area contributed by atoms with Crippen molar-refractivity contribution in [1.29, 1.82) is 0 Å². The zero-order valence-electron chi connectivity index (χ0n) is 11.5. The van der Waals surface area contributed by atoms with Crippen LogP contribution in [0.4, 0.5) is 0 Å². The molecule has 3 rings (SSSR count). The van der Waals surface area contributed by atoms with E-state index in [-0.39, 0.29) is 17.9 Å². The molecule has 5 heteroatoms. The van der Waals surface area contributed by atoms with Crippen LogP contribution in [0.1, 0.15) is 32.1 Å². The van der Waals surface area contributed by atoms with Crippen LogP contribution in [0, 0.1) is 5.92 Å². The zero-order valence-corrected chi connectivity index (χ0v) is 11.5. The summed E-state index contributed by atoms with van der Waals surface area (Å²) < 4.78 is 5.32. The highest BCUT2D eigenvalue weighted by Crippen LogP contribution is 2.29. The maximum absolute atomic E-state index is 12.2. The Morgan fingerprint density at radius 1 is 1.21 bits per heavy atom. The first-order valence-corrected chi connectivity index (χ1v) is 7.62. The molecular formula is C14H25N3O2. The third-order valence-electron chi connectivity index (χ3n) is 4.71. The van der Waals surface area contributed by atoms with Crippen LogP contribution in [0.2, 0.25) is 0 Å². The number of hydrogen-bond acceptors (Lipinski definition) is 4. The van der Waals surface area contributed by atoms with Gasteiger partial charge in [-0.25, -0.2) is 0 Å². The van der Waals surface area contributed by atoms with Crippen molar-refractivity contribution in [3.63, 3.8) is 0 Å². The Balaban J connectivity index is 1.44. The van der Waals surface area contributed by atoms with E-state index in [2.05, 4.69) is 10.2 Å². The molecule has 0 bridgehead atoms. The first-order chi connectivity index (χ1) is 9.24. The third kappa shape index (κ3) is 3.27. The van der Waals surface area contributed by atoms with E-state index in [1.807, 2.05) is 0 Å². The number of carbonyl (C=O) groups is 1. The lowest BCUT2D eigenvalue weighted by Gasteiger charge is -2.27. The van der Waals surface area contributed by atoms with Crippen molar-refractivity contribution in [3.05, 3.63) is 0 Å². The van der Waals surface area contributed by atoms with Gasteiger partial charge < -0.3 is 15.8 Å². The highest BCUT2D eigenvalue weighted by molar-refractivity contribution is 5.82. The van der Waals surface area contributed by atoms with E-state index in [4.69, 9.17) is 10.5 Å². The molecule has 0 radical (unpaired) electrons. The predicted molar refractivity (Wildman–Crippen MR) is 72.7 cm³/mol. The van der Waals surface area contributed by atoms with E-state index in [0.717, 1.165) is 51.6 Å². The van der Waals surface area contributed by atoms with Crippen molar-refractivity contribution < 1.29 is 9.53 Å². The average molecular weight is 267 g/mol. The van der Waals surface area contributed by atoms with Crippen molar-refractivity contribution in [2.24, 2.45) is 11.7 Å². The van der Waals surface area contributed by atoms with Crippen LogP contribution < -0.4 is 11.1 Å². The first-order valence-electron chi connectivity index (χ1n) is 7.62. The van der Waals surface area contributed by atoms with Gasteiger partial charge in [0.25, 0.3) is 0 Å². The fraction of sp³-hybridized carbons (Fsp3) is 0.929. The van der Waals surface area contributed by atoms with Gasteiger partial charge in [0.05, 0.1) is 6.04 Å². The number of nitrogens with one attached hydrogen (secondary N) is 1. The highest BCUT2D eigenvalue weighted by Gasteiger charge is 2.36. The maximum atomic E-state index is 12.2. The van der Waals surface area contributed by atoms with Crippen LogP contribution in [0.5, 0.6) is 0 Å². The lowest BCUT2D eigenvalue weighted by atomic mass is 9.91. The minimum atomic E-state index is -0.362. The van der Waals surface area contributed by atoms with Crippen LogP contribution in [-0.2, 0) is 9.53 Å². The number of ether oxygens (including phenoxy) is 1. The fourth-order valence-corrected chi connectivity index (χ4v) is 3.26. The average Bonchev–Trinajstić information content (AvgIpc) is 3.20. The van der Waals surface area contributed by atoms with Gasteiger partial charge in [0.2, 0.25) is 5.91 Å². The van der Waals surface area contributed by atoms with Gasteiger partial charge in [-0.2, -0.15) is 0 Å². The molecule has 0 spiro atoms. The van der Waals surface area contributed by atoms with E-state index in [1.165, 1.54) is 12.8 Å². The van der Waals surface area contributed by atoms with Crippen molar-refractivity contribution in [2.75, 3.05) is 26.3 Å². The van der Waals surface area contributed by atoms with E-state index in [0.29, 0.717) is 6.04 Å². The molecule has 2 saturated heterocycles. The standard InChI is InChI=1S/C14H25N3O2/c15-13(10-4-7-19-8-5-10)14(18)16-11-3-6-17(9-11)12-1-2-12/h10-13H,1-9,15H2,(H,16,18). The summed E-state index contributed by atoms with van der Waals surface area (Å²) in [7, 11) is 0. The molecule has 19 heavy (non-hydrogen) atoms. The molecule has 5 nitrogen and oxygen atoms in total. The Morgan fingerprint density at radius 3 is 2.63 bits per heavy atom. The van der Waals surface area contributed by atoms with Gasteiger partial charge in [-0.3, -0.25) is 9.69 Å². The Labute approximate surface area is 114 Å². The molecule has 3 fully saturated rings. The number of hydrogen-bond donors (Lipinski definition) is 2. The number of nitrogens with zero attached hydrogens (tertiary/aromatic N) is 1. The fourth-order valence-electron chi connectivity index (χ4n) is 3.26. The number of amides is 1. The van der Waals surface area contributed by atoms with Crippen LogP contribution in [-0.4, -0.2) is 55.2 Å². The van der Waals surface area contributed by atoms with Gasteiger partial charge in [0.15, 0.2) is 0 Å². The predicted octanol–water partition coefficient (Wildman–Crippen LogP) is 0.0932. The monoisotopic (exact) mass is 267 g/mol. The summed E-state index contributed by atoms with van der Waals surface area (Å²) >= 11 is 0. The van der Waals surface area contributed by atoms with E-state index >= 15 is 0 Å². The number of likely N-dealkylation sites (tertiary alicyclic amines) is 1. The van der Waals surface area contributed by atoms with Crippen molar-refractivity contribution in [3.8, 4) is 0 Å². The topological polar surface area (TPSA) is 67.6 Å². The summed E-state index contributed by atoms with van der Waals surface area (Å²) in [6.07, 6.45) is 5.56. The molecule has 2 unspecified atom stereocenters. The largest absolute Gasteiger partial charge is 0.381 e. The second-order valence-corrected chi connectivity index (χ2v) is 6.20. The lowest BCUT2D eigenvalue weighted by Crippen LogP contribution is -2.50. The minimum Gasteiger partial charge on any atom is -0.381 e. The molecule has 108 valence electrons. The molecule has 1 saturated carbocycles. The Hall–Kier alpha value is -0.650. The summed E-state index contributed by atoms with van der Waals surface area (Å²) in [4.78, 5) is 14.7. The lowest BCUT2D eigenvalue weighted by molar-refractivity contribution is -0.125. The van der Waals surface area contributed by atoms with E-state index in [1.54, 1.807) is 0 Å². The zero-order chi connectivity index (χ0) is 13.2. The van der Waals surface area contributed by atoms with Crippen molar-refractivity contribution >= 4 is 5.91 Å². The molecule has 0 aromatic rings. The van der Waals surface area contributed by atoms with Gasteiger partial charge in [0, 0.05) is 38.4 Å². The molecular weight excluding hydrogens is 242 g/mol. The van der Waals surface area contributed by atoms with Crippen LogP contribution >= 0.6 is 0 Å². The number of nitrogens with two attached hydrogens (primary N) is 1. The van der Waals surface area contributed by atoms with Gasteiger partial charge >= 0.3 is 0 Å². The summed E-state index contributed by atoms with van der Waals surface area (Å²) in [6.45, 7) is 3.62. The summed E-state index contributed by atoms with van der Waals surface area (Å²) in [6, 6.07) is 0.740. The van der Waals surface area contributed by atoms with Crippen molar-refractivity contribution in [1.82, 2.24) is 10.2 Å². The molecule has 1 aliphatic carbocycles. The number of carbonyl (C=O) groups excluding carboxylic acids is 1. The Bertz CT molecular complexity index is 327. The Kier molecular flexibility index (Phi) is 4.05. The van der Waals surface area contributed by atoms with Crippen LogP contribution in [0.25, 0.3) is 0 Å². The van der Waals surface area contributed by atoms with E-state index in [9.17, 15) is 4.79 Å². The first kappa shape index (κ1) is 13.3. The van der Waals surface area contributed by atoms with E-state index < -0.39 is 0 Å². The van der Waals surface area contributed by atoms with Gasteiger partial charge in [-0.1, -0.05) is 0 Å². The molecule has 2 heterocycles. The molecule has 3 N–H and O–H groups in total. The normalized spacial score (nSPS) is 31.3. The molecule has 1 amide bonds. The van der Waals surface area contributed by atoms with Gasteiger partial charge in [0.1, 0.15) is 0 Å². The summed E-state index contributed by atoms with van der Waals surface area (Å²) in [5.74, 6) is 0.323. The number of rotatable bonds is 4. The van der Waals surface area contributed by atoms with Gasteiger partial charge in [-0.15, -0.1) is 0 Å². The molecule has 2 aliphatic heterocycles. The Morgan fingerprint density at radius 2 is 1.95 bits per heavy atom. The minimum absolute atomic E-state index is 0.0366.